The Kier molecular flexibility index (Phi) is 3.07. The fourth-order valence-corrected chi connectivity index (χ4v) is 1.84. The van der Waals surface area contributed by atoms with E-state index in [1.54, 1.807) is 0 Å². The van der Waals surface area contributed by atoms with Crippen LogP contribution in [0.15, 0.2) is 28.7 Å². The molecule has 0 spiro atoms. The van der Waals surface area contributed by atoms with Crippen LogP contribution in [-0.2, 0) is 12.8 Å². The molecule has 0 aliphatic carbocycles. The summed E-state index contributed by atoms with van der Waals surface area (Å²) in [6, 6.07) is 8.52. The molecule has 2 N–H and O–H groups in total. The van der Waals surface area contributed by atoms with E-state index < -0.39 is 0 Å². The number of rotatable bonds is 4. The SMILES string of the molecule is CCCc1ccc2cc(CCN)oc2c1. The molecule has 2 aromatic rings. The molecule has 1 aromatic heterocycles. The molecule has 15 heavy (non-hydrogen) atoms. The number of nitrogens with two attached hydrogens (primary N) is 1. The molecule has 2 nitrogen and oxygen atoms in total. The lowest BCUT2D eigenvalue weighted by Gasteiger charge is -1.96. The van der Waals surface area contributed by atoms with Crippen LogP contribution in [0, 0.1) is 0 Å². The van der Waals surface area contributed by atoms with Crippen molar-refractivity contribution in [2.45, 2.75) is 26.2 Å². The average molecular weight is 203 g/mol. The highest BCUT2D eigenvalue weighted by molar-refractivity contribution is 5.78. The van der Waals surface area contributed by atoms with Gasteiger partial charge in [0.05, 0.1) is 0 Å². The smallest absolute Gasteiger partial charge is 0.134 e. The standard InChI is InChI=1S/C13H17NO/c1-2-3-10-4-5-11-9-12(6-7-14)15-13(11)8-10/h4-5,8-9H,2-3,6-7,14H2,1H3. The maximum Gasteiger partial charge on any atom is 0.134 e. The lowest BCUT2D eigenvalue weighted by atomic mass is 10.1. The van der Waals surface area contributed by atoms with Gasteiger partial charge in [0.1, 0.15) is 11.3 Å². The number of hydrogen-bond acceptors (Lipinski definition) is 2. The van der Waals surface area contributed by atoms with Crippen molar-refractivity contribution in [3.8, 4) is 0 Å². The van der Waals surface area contributed by atoms with Crippen molar-refractivity contribution in [3.63, 3.8) is 0 Å². The maximum atomic E-state index is 5.72. The van der Waals surface area contributed by atoms with E-state index in [0.717, 1.165) is 24.2 Å². The summed E-state index contributed by atoms with van der Waals surface area (Å²) in [6.45, 7) is 2.83. The van der Waals surface area contributed by atoms with Crippen LogP contribution in [0.25, 0.3) is 11.0 Å². The molecule has 1 aromatic carbocycles. The first-order valence-electron chi connectivity index (χ1n) is 5.55. The summed E-state index contributed by atoms with van der Waals surface area (Å²) in [5.74, 6) is 0.987. The van der Waals surface area contributed by atoms with E-state index >= 15 is 0 Å². The number of hydrogen-bond donors (Lipinski definition) is 1. The van der Waals surface area contributed by atoms with Crippen LogP contribution in [0.1, 0.15) is 24.7 Å². The van der Waals surface area contributed by atoms with Crippen LogP contribution in [0.2, 0.25) is 0 Å². The Hall–Kier alpha value is -1.28. The van der Waals surface area contributed by atoms with Crippen LogP contribution < -0.4 is 5.73 Å². The van der Waals surface area contributed by atoms with Crippen LogP contribution in [0.4, 0.5) is 0 Å². The summed E-state index contributed by atoms with van der Waals surface area (Å²) in [5, 5.41) is 1.18. The van der Waals surface area contributed by atoms with Gasteiger partial charge in [-0.3, -0.25) is 0 Å². The van der Waals surface area contributed by atoms with Gasteiger partial charge >= 0.3 is 0 Å². The molecule has 0 saturated heterocycles. The summed E-state index contributed by atoms with van der Waals surface area (Å²) in [4.78, 5) is 0. The van der Waals surface area contributed by atoms with Crippen LogP contribution in [0.3, 0.4) is 0 Å². The second-order valence-corrected chi connectivity index (χ2v) is 3.87. The van der Waals surface area contributed by atoms with Crippen LogP contribution in [0.5, 0.6) is 0 Å². The summed E-state index contributed by atoms with van der Waals surface area (Å²) in [7, 11) is 0. The maximum absolute atomic E-state index is 5.72. The van der Waals surface area contributed by atoms with Crippen molar-refractivity contribution in [3.05, 3.63) is 35.6 Å². The van der Waals surface area contributed by atoms with Crippen LogP contribution >= 0.6 is 0 Å². The Morgan fingerprint density at radius 2 is 2.07 bits per heavy atom. The van der Waals surface area contributed by atoms with Crippen molar-refractivity contribution in [2.24, 2.45) is 5.73 Å². The minimum atomic E-state index is 0.641. The van der Waals surface area contributed by atoms with E-state index in [1.165, 1.54) is 17.4 Å². The van der Waals surface area contributed by atoms with E-state index in [-0.39, 0.29) is 0 Å². The predicted octanol–water partition coefficient (Wildman–Crippen LogP) is 2.89. The van der Waals surface area contributed by atoms with Gasteiger partial charge in [0.2, 0.25) is 0 Å². The Morgan fingerprint density at radius 3 is 2.80 bits per heavy atom. The first-order valence-corrected chi connectivity index (χ1v) is 5.55. The quantitative estimate of drug-likeness (QED) is 0.829. The van der Waals surface area contributed by atoms with Gasteiger partial charge in [-0.05, 0) is 30.7 Å². The number of furan rings is 1. The molecule has 0 radical (unpaired) electrons. The van der Waals surface area contributed by atoms with Crippen molar-refractivity contribution < 1.29 is 4.42 Å². The van der Waals surface area contributed by atoms with E-state index in [2.05, 4.69) is 31.2 Å². The fraction of sp³-hybridized carbons (Fsp3) is 0.385. The minimum absolute atomic E-state index is 0.641. The van der Waals surface area contributed by atoms with Gasteiger partial charge in [-0.25, -0.2) is 0 Å². The zero-order valence-corrected chi connectivity index (χ0v) is 9.12. The van der Waals surface area contributed by atoms with Crippen LogP contribution in [-0.4, -0.2) is 6.54 Å². The Labute approximate surface area is 90.1 Å². The molecule has 2 heteroatoms. The molecule has 0 bridgehead atoms. The minimum Gasteiger partial charge on any atom is -0.461 e. The summed E-state index contributed by atoms with van der Waals surface area (Å²) >= 11 is 0. The molecule has 0 atom stereocenters. The molecule has 0 amide bonds. The van der Waals surface area contributed by atoms with Gasteiger partial charge < -0.3 is 10.2 Å². The van der Waals surface area contributed by atoms with Gasteiger partial charge in [-0.15, -0.1) is 0 Å². The summed E-state index contributed by atoms with van der Waals surface area (Å²) in [6.07, 6.45) is 3.10. The zero-order valence-electron chi connectivity index (χ0n) is 9.12. The first-order chi connectivity index (χ1) is 7.33. The molecular weight excluding hydrogens is 186 g/mol. The van der Waals surface area contributed by atoms with Crippen molar-refractivity contribution in [1.29, 1.82) is 0 Å². The Balaban J connectivity index is 2.34. The van der Waals surface area contributed by atoms with Crippen molar-refractivity contribution in [2.75, 3.05) is 6.54 Å². The molecule has 2 rings (SSSR count). The number of fused-ring (bicyclic) bond motifs is 1. The van der Waals surface area contributed by atoms with E-state index in [9.17, 15) is 0 Å². The summed E-state index contributed by atoms with van der Waals surface area (Å²) < 4.78 is 5.72. The lowest BCUT2D eigenvalue weighted by Crippen LogP contribution is -2.01. The number of benzene rings is 1. The number of aryl methyl sites for hydroxylation is 1. The third-order valence-electron chi connectivity index (χ3n) is 2.56. The molecule has 0 aliphatic heterocycles. The highest BCUT2D eigenvalue weighted by Gasteiger charge is 2.03. The normalized spacial score (nSPS) is 11.1. The lowest BCUT2D eigenvalue weighted by molar-refractivity contribution is 0.550. The molecule has 0 saturated carbocycles. The molecule has 1 heterocycles. The molecule has 80 valence electrons. The van der Waals surface area contributed by atoms with Gasteiger partial charge in [0, 0.05) is 11.8 Å². The predicted molar refractivity (Wildman–Crippen MR) is 63.0 cm³/mol. The summed E-state index contributed by atoms with van der Waals surface area (Å²) in [5.41, 5.74) is 7.84. The van der Waals surface area contributed by atoms with Crippen molar-refractivity contribution in [1.82, 2.24) is 0 Å². The highest BCUT2D eigenvalue weighted by atomic mass is 16.3. The third kappa shape index (κ3) is 2.21. The topological polar surface area (TPSA) is 39.2 Å². The molecule has 0 aliphatic rings. The monoisotopic (exact) mass is 203 g/mol. The second kappa shape index (κ2) is 4.49. The van der Waals surface area contributed by atoms with Gasteiger partial charge in [0.15, 0.2) is 0 Å². The Bertz CT molecular complexity index is 441. The average Bonchev–Trinajstić information content (AvgIpc) is 2.60. The van der Waals surface area contributed by atoms with Gasteiger partial charge in [-0.2, -0.15) is 0 Å². The largest absolute Gasteiger partial charge is 0.461 e. The van der Waals surface area contributed by atoms with E-state index in [1.807, 2.05) is 0 Å². The first kappa shape index (κ1) is 10.2. The molecule has 0 unspecified atom stereocenters. The second-order valence-electron chi connectivity index (χ2n) is 3.87. The van der Waals surface area contributed by atoms with E-state index in [0.29, 0.717) is 6.54 Å². The highest BCUT2D eigenvalue weighted by Crippen LogP contribution is 2.21. The Morgan fingerprint density at radius 1 is 1.20 bits per heavy atom. The third-order valence-corrected chi connectivity index (χ3v) is 2.56. The molecular formula is C13H17NO. The zero-order chi connectivity index (χ0) is 10.7. The van der Waals surface area contributed by atoms with Crippen molar-refractivity contribution >= 4 is 11.0 Å². The van der Waals surface area contributed by atoms with Gasteiger partial charge in [0.25, 0.3) is 0 Å². The van der Waals surface area contributed by atoms with Gasteiger partial charge in [-0.1, -0.05) is 25.5 Å². The van der Waals surface area contributed by atoms with E-state index in [4.69, 9.17) is 10.2 Å². The molecule has 0 fully saturated rings. The fourth-order valence-electron chi connectivity index (χ4n) is 1.84.